The third-order valence-electron chi connectivity index (χ3n) is 5.40. The number of aliphatic carboxylic acids is 1. The lowest BCUT2D eigenvalue weighted by Gasteiger charge is -2.14. The first-order valence-corrected chi connectivity index (χ1v) is 12.8. The summed E-state index contributed by atoms with van der Waals surface area (Å²) < 4.78 is 44.6. The van der Waals surface area contributed by atoms with Crippen LogP contribution in [0, 0.1) is 0 Å². The highest BCUT2D eigenvalue weighted by molar-refractivity contribution is 5.99. The number of carboxylic acid groups (broad SMARTS) is 1. The smallest absolute Gasteiger partial charge is 0.490 e. The summed E-state index contributed by atoms with van der Waals surface area (Å²) in [5.41, 5.74) is 1.99. The maximum absolute atomic E-state index is 12.8. The molecular formula is C29H30F3N5O6. The number of benzene rings is 2. The van der Waals surface area contributed by atoms with E-state index in [1.54, 1.807) is 65.6 Å². The summed E-state index contributed by atoms with van der Waals surface area (Å²) in [5.74, 6) is -0.267. The second-order valence-corrected chi connectivity index (χ2v) is 9.83. The highest BCUT2D eigenvalue weighted by atomic mass is 19.4. The molecule has 2 aromatic carbocycles. The van der Waals surface area contributed by atoms with E-state index in [4.69, 9.17) is 29.6 Å². The van der Waals surface area contributed by atoms with Gasteiger partial charge in [-0.05, 0) is 60.7 Å². The molecule has 2 heterocycles. The number of alkyl halides is 3. The van der Waals surface area contributed by atoms with E-state index in [-0.39, 0.29) is 18.6 Å². The number of hydrogen-bond acceptors (Lipinski definition) is 7. The van der Waals surface area contributed by atoms with Crippen LogP contribution in [-0.4, -0.2) is 56.4 Å². The zero-order valence-electron chi connectivity index (χ0n) is 23.4. The fraction of sp³-hybridized carbons (Fsp3) is 0.241. The van der Waals surface area contributed by atoms with Gasteiger partial charge in [0.15, 0.2) is 0 Å². The van der Waals surface area contributed by atoms with Crippen molar-refractivity contribution in [2.75, 3.05) is 23.8 Å². The SMILES string of the molecule is CC(C)(C)c1cc(NC(=O)Nc2ccc(Oc3ccncc3)cc2)n(-c2ccc(OCCO)cc2)n1.O=C(O)C(F)(F)F. The maximum atomic E-state index is 12.8. The molecular weight excluding hydrogens is 571 g/mol. The molecule has 0 aliphatic rings. The normalized spacial score (nSPS) is 11.1. The first kappa shape index (κ1) is 32.4. The van der Waals surface area contributed by atoms with Crippen molar-refractivity contribution >= 4 is 23.5 Å². The van der Waals surface area contributed by atoms with Crippen molar-refractivity contribution in [3.8, 4) is 22.9 Å². The molecule has 0 radical (unpaired) electrons. The molecule has 11 nitrogen and oxygen atoms in total. The van der Waals surface area contributed by atoms with Gasteiger partial charge in [0.25, 0.3) is 0 Å². The van der Waals surface area contributed by atoms with Crippen LogP contribution in [0.25, 0.3) is 5.69 Å². The molecule has 43 heavy (non-hydrogen) atoms. The summed E-state index contributed by atoms with van der Waals surface area (Å²) in [6.07, 6.45) is -1.77. The molecule has 4 aromatic rings. The van der Waals surface area contributed by atoms with E-state index in [1.165, 1.54) is 0 Å². The molecule has 0 bridgehead atoms. The fourth-order valence-electron chi connectivity index (χ4n) is 3.31. The van der Waals surface area contributed by atoms with E-state index in [9.17, 15) is 18.0 Å². The summed E-state index contributed by atoms with van der Waals surface area (Å²) in [4.78, 5) is 25.7. The Morgan fingerprint density at radius 2 is 1.44 bits per heavy atom. The third-order valence-corrected chi connectivity index (χ3v) is 5.40. The monoisotopic (exact) mass is 601 g/mol. The zero-order valence-corrected chi connectivity index (χ0v) is 23.4. The van der Waals surface area contributed by atoms with E-state index >= 15 is 0 Å². The largest absolute Gasteiger partial charge is 0.491 e. The van der Waals surface area contributed by atoms with Gasteiger partial charge in [-0.15, -0.1) is 0 Å². The number of carbonyl (C=O) groups is 2. The second-order valence-electron chi connectivity index (χ2n) is 9.83. The van der Waals surface area contributed by atoms with Crippen molar-refractivity contribution in [2.24, 2.45) is 0 Å². The molecule has 2 aromatic heterocycles. The highest BCUT2D eigenvalue weighted by Crippen LogP contribution is 2.28. The number of carbonyl (C=O) groups excluding carboxylic acids is 1. The summed E-state index contributed by atoms with van der Waals surface area (Å²) in [6, 6.07) is 19.4. The minimum absolute atomic E-state index is 0.0560. The number of carboxylic acids is 1. The first-order chi connectivity index (χ1) is 20.3. The lowest BCUT2D eigenvalue weighted by atomic mass is 9.92. The molecule has 0 unspecified atom stereocenters. The Morgan fingerprint density at radius 1 is 0.884 bits per heavy atom. The predicted molar refractivity (Wildman–Crippen MR) is 152 cm³/mol. The number of amides is 2. The molecule has 0 aliphatic carbocycles. The standard InChI is InChI=1S/C27H29N5O4.C2HF3O2/c1-27(2,3)24-18-25(32(31-24)20-6-10-21(11-7-20)35-17-16-33)30-26(34)29-19-4-8-22(9-5-19)36-23-12-14-28-15-13-23;3-2(4,5)1(6)7/h4-15,18,33H,16-17H2,1-3H3,(H2,29,30,34);(H,6,7). The van der Waals surface area contributed by atoms with E-state index in [2.05, 4.69) is 36.4 Å². The van der Waals surface area contributed by atoms with Gasteiger partial charge in [0.2, 0.25) is 0 Å². The minimum Gasteiger partial charge on any atom is -0.491 e. The molecule has 0 spiro atoms. The van der Waals surface area contributed by atoms with Crippen LogP contribution in [0.1, 0.15) is 26.5 Å². The number of hydrogen-bond donors (Lipinski definition) is 4. The molecule has 0 fully saturated rings. The Balaban J connectivity index is 0.000000646. The molecule has 2 amide bonds. The van der Waals surface area contributed by atoms with Gasteiger partial charge in [-0.25, -0.2) is 14.3 Å². The van der Waals surface area contributed by atoms with Crippen LogP contribution in [0.15, 0.2) is 79.1 Å². The van der Waals surface area contributed by atoms with Crippen LogP contribution in [-0.2, 0) is 10.2 Å². The fourth-order valence-corrected chi connectivity index (χ4v) is 3.31. The van der Waals surface area contributed by atoms with Crippen LogP contribution < -0.4 is 20.1 Å². The van der Waals surface area contributed by atoms with Gasteiger partial charge in [0.05, 0.1) is 18.0 Å². The van der Waals surface area contributed by atoms with Gasteiger partial charge in [0.1, 0.15) is 29.7 Å². The molecule has 228 valence electrons. The Labute approximate surface area is 244 Å². The molecule has 4 N–H and O–H groups in total. The predicted octanol–water partition coefficient (Wildman–Crippen LogP) is 6.01. The maximum Gasteiger partial charge on any atom is 0.490 e. The van der Waals surface area contributed by atoms with Crippen LogP contribution >= 0.6 is 0 Å². The average molecular weight is 602 g/mol. The Hall–Kier alpha value is -5.11. The molecule has 0 aliphatic heterocycles. The average Bonchev–Trinajstić information content (AvgIpc) is 3.38. The number of aromatic nitrogens is 3. The summed E-state index contributed by atoms with van der Waals surface area (Å²) >= 11 is 0. The second kappa shape index (κ2) is 14.2. The van der Waals surface area contributed by atoms with Crippen molar-refractivity contribution in [3.05, 3.63) is 84.8 Å². The number of urea groups is 1. The molecule has 0 atom stereocenters. The van der Waals surface area contributed by atoms with Crippen LogP contribution in [0.3, 0.4) is 0 Å². The zero-order chi connectivity index (χ0) is 31.6. The van der Waals surface area contributed by atoms with Crippen molar-refractivity contribution < 1.29 is 42.4 Å². The first-order valence-electron chi connectivity index (χ1n) is 12.8. The summed E-state index contributed by atoms with van der Waals surface area (Å²) in [6.45, 7) is 6.35. The van der Waals surface area contributed by atoms with Crippen molar-refractivity contribution in [3.63, 3.8) is 0 Å². The Kier molecular flexibility index (Phi) is 10.7. The van der Waals surface area contributed by atoms with Gasteiger partial charge in [-0.3, -0.25) is 10.3 Å². The van der Waals surface area contributed by atoms with Crippen molar-refractivity contribution in [1.82, 2.24) is 14.8 Å². The van der Waals surface area contributed by atoms with Crippen molar-refractivity contribution in [1.29, 1.82) is 0 Å². The van der Waals surface area contributed by atoms with Gasteiger partial charge in [0, 0.05) is 29.6 Å². The van der Waals surface area contributed by atoms with Gasteiger partial charge in [-0.2, -0.15) is 18.3 Å². The minimum atomic E-state index is -5.08. The van der Waals surface area contributed by atoms with Crippen molar-refractivity contribution in [2.45, 2.75) is 32.4 Å². The number of nitrogens with zero attached hydrogens (tertiary/aromatic N) is 3. The Morgan fingerprint density at radius 3 is 1.98 bits per heavy atom. The summed E-state index contributed by atoms with van der Waals surface area (Å²) in [5, 5.41) is 26.5. The van der Waals surface area contributed by atoms with E-state index in [0.717, 1.165) is 11.4 Å². The number of ether oxygens (including phenoxy) is 2. The molecule has 14 heteroatoms. The molecule has 0 saturated carbocycles. The van der Waals surface area contributed by atoms with Gasteiger partial charge < -0.3 is 25.0 Å². The lowest BCUT2D eigenvalue weighted by molar-refractivity contribution is -0.192. The van der Waals surface area contributed by atoms with Crippen LogP contribution in [0.2, 0.25) is 0 Å². The van der Waals surface area contributed by atoms with Gasteiger partial charge >= 0.3 is 18.2 Å². The van der Waals surface area contributed by atoms with Crippen LogP contribution in [0.5, 0.6) is 17.2 Å². The lowest BCUT2D eigenvalue weighted by Crippen LogP contribution is -2.21. The van der Waals surface area contributed by atoms with Gasteiger partial charge in [-0.1, -0.05) is 20.8 Å². The number of aliphatic hydroxyl groups is 1. The third kappa shape index (κ3) is 10.0. The van der Waals surface area contributed by atoms with E-state index < -0.39 is 18.2 Å². The number of rotatable bonds is 8. The number of anilines is 2. The molecule has 4 rings (SSSR count). The number of pyridine rings is 1. The number of nitrogens with one attached hydrogen (secondary N) is 2. The molecule has 0 saturated heterocycles. The highest BCUT2D eigenvalue weighted by Gasteiger charge is 2.38. The Bertz CT molecular complexity index is 1490. The number of halogens is 3. The van der Waals surface area contributed by atoms with E-state index in [1.807, 2.05) is 18.2 Å². The van der Waals surface area contributed by atoms with Crippen LogP contribution in [0.4, 0.5) is 29.5 Å². The topological polar surface area (TPSA) is 148 Å². The van der Waals surface area contributed by atoms with E-state index in [0.29, 0.717) is 28.8 Å². The quantitative estimate of drug-likeness (QED) is 0.192. The number of aliphatic hydroxyl groups excluding tert-OH is 1. The summed E-state index contributed by atoms with van der Waals surface area (Å²) in [7, 11) is 0.